The largest absolute Gasteiger partial charge is 0.466 e. The van der Waals surface area contributed by atoms with E-state index in [0.717, 1.165) is 0 Å². The number of ketones is 1. The van der Waals surface area contributed by atoms with E-state index in [4.69, 9.17) is 44.3 Å². The maximum Gasteiger partial charge on any atom is 0.338 e. The highest BCUT2D eigenvalue weighted by Crippen LogP contribution is 2.38. The first kappa shape index (κ1) is 22.3. The van der Waals surface area contributed by atoms with Crippen molar-refractivity contribution in [1.29, 1.82) is 0 Å². The summed E-state index contributed by atoms with van der Waals surface area (Å²) in [7, 11) is 2.85. The molecule has 1 aromatic rings. The molecule has 0 saturated carbocycles. The number of benzene rings is 1. The summed E-state index contributed by atoms with van der Waals surface area (Å²) in [6.07, 6.45) is 2.76. The van der Waals surface area contributed by atoms with Crippen LogP contribution < -0.4 is 0 Å². The molecular weight excluding hydrogens is 429 g/mol. The normalized spacial score (nSPS) is 16.8. The minimum atomic E-state index is -2.18. The van der Waals surface area contributed by atoms with Crippen LogP contribution in [0.25, 0.3) is 0 Å². The molecule has 2 rings (SSSR count). The highest BCUT2D eigenvalue weighted by atomic mass is 35.6. The second-order valence-corrected chi connectivity index (χ2v) is 8.16. The van der Waals surface area contributed by atoms with Crippen LogP contribution in [0.1, 0.15) is 28.9 Å². The summed E-state index contributed by atoms with van der Waals surface area (Å²) in [6, 6.07) is 6.00. The fourth-order valence-corrected chi connectivity index (χ4v) is 3.22. The van der Waals surface area contributed by atoms with E-state index in [9.17, 15) is 14.4 Å². The van der Waals surface area contributed by atoms with Gasteiger partial charge in [0.15, 0.2) is 0 Å². The summed E-state index contributed by atoms with van der Waals surface area (Å²) in [5.41, 5.74) is 0.937. The van der Waals surface area contributed by atoms with Gasteiger partial charge in [-0.1, -0.05) is 53.0 Å². The monoisotopic (exact) mass is 445 g/mol. The highest BCUT2D eigenvalue weighted by Gasteiger charge is 2.38. The van der Waals surface area contributed by atoms with Crippen LogP contribution >= 0.6 is 34.8 Å². The van der Waals surface area contributed by atoms with Crippen molar-refractivity contribution >= 4 is 52.5 Å². The predicted molar refractivity (Wildman–Crippen MR) is 106 cm³/mol. The van der Waals surface area contributed by atoms with Crippen molar-refractivity contribution in [2.75, 3.05) is 20.8 Å². The van der Waals surface area contributed by atoms with Gasteiger partial charge in [0, 0.05) is 18.8 Å². The van der Waals surface area contributed by atoms with Crippen LogP contribution in [0.4, 0.5) is 0 Å². The Hall–Kier alpha value is -2.02. The number of hydrogen-bond donors (Lipinski definition) is 0. The number of esters is 2. The van der Waals surface area contributed by atoms with Crippen LogP contribution in [0.2, 0.25) is 0 Å². The number of halogens is 3. The predicted octanol–water partition coefficient (Wildman–Crippen LogP) is 3.77. The molecule has 1 heterocycles. The molecule has 0 fully saturated rings. The van der Waals surface area contributed by atoms with Crippen LogP contribution in [0.15, 0.2) is 47.7 Å². The van der Waals surface area contributed by atoms with E-state index in [1.54, 1.807) is 43.1 Å². The van der Waals surface area contributed by atoms with Gasteiger partial charge in [-0.15, -0.1) is 0 Å². The SMILES string of the molecule is CCOC(=O)c1ccccc1C1C(C(=O)OC)=CC(C(=O)C(Cl)(Cl)Cl)=CN1C. The Morgan fingerprint density at radius 1 is 1.14 bits per heavy atom. The van der Waals surface area contributed by atoms with Gasteiger partial charge >= 0.3 is 11.9 Å². The topological polar surface area (TPSA) is 72.9 Å². The number of Topliss-reactive ketones (excluding diaryl/α,β-unsaturated/α-hetero) is 1. The minimum absolute atomic E-state index is 0.0211. The number of ether oxygens (including phenoxy) is 2. The van der Waals surface area contributed by atoms with E-state index in [-0.39, 0.29) is 17.8 Å². The fourth-order valence-electron chi connectivity index (χ4n) is 2.89. The third-order valence-corrected chi connectivity index (χ3v) is 4.56. The summed E-state index contributed by atoms with van der Waals surface area (Å²) in [5, 5.41) is 0. The van der Waals surface area contributed by atoms with E-state index in [0.29, 0.717) is 11.1 Å². The van der Waals surface area contributed by atoms with Crippen LogP contribution in [0.5, 0.6) is 0 Å². The van der Waals surface area contributed by atoms with Gasteiger partial charge in [-0.2, -0.15) is 0 Å². The van der Waals surface area contributed by atoms with E-state index in [2.05, 4.69) is 0 Å². The molecule has 0 aliphatic carbocycles. The van der Waals surface area contributed by atoms with Crippen LogP contribution in [-0.4, -0.2) is 47.2 Å². The Bertz CT molecular complexity index is 857. The van der Waals surface area contributed by atoms with Crippen molar-refractivity contribution in [3.05, 3.63) is 58.8 Å². The lowest BCUT2D eigenvalue weighted by molar-refractivity contribution is -0.136. The maximum atomic E-state index is 12.5. The molecule has 0 amide bonds. The molecule has 0 bridgehead atoms. The summed E-state index contributed by atoms with van der Waals surface area (Å²) in [5.74, 6) is -2.00. The molecule has 28 heavy (non-hydrogen) atoms. The molecule has 1 atom stereocenters. The van der Waals surface area contributed by atoms with Crippen LogP contribution in [-0.2, 0) is 19.1 Å². The molecule has 0 saturated heterocycles. The van der Waals surface area contributed by atoms with Crippen molar-refractivity contribution in [1.82, 2.24) is 4.90 Å². The number of nitrogens with zero attached hydrogens (tertiary/aromatic N) is 1. The number of hydrogen-bond acceptors (Lipinski definition) is 6. The lowest BCUT2D eigenvalue weighted by atomic mass is 9.89. The molecule has 1 unspecified atom stereocenters. The minimum Gasteiger partial charge on any atom is -0.466 e. The number of likely N-dealkylation sites (N-methyl/N-ethyl adjacent to an activating group) is 1. The molecule has 1 aliphatic rings. The second-order valence-electron chi connectivity index (χ2n) is 5.88. The Balaban J connectivity index is 2.59. The zero-order valence-electron chi connectivity index (χ0n) is 15.4. The zero-order chi connectivity index (χ0) is 21.1. The summed E-state index contributed by atoms with van der Waals surface area (Å²) >= 11 is 17.1. The Morgan fingerprint density at radius 3 is 2.36 bits per heavy atom. The van der Waals surface area contributed by atoms with Gasteiger partial charge in [-0.3, -0.25) is 4.79 Å². The first-order valence-corrected chi connectivity index (χ1v) is 9.36. The van der Waals surface area contributed by atoms with Crippen molar-refractivity contribution < 1.29 is 23.9 Å². The number of methoxy groups -OCH3 is 1. The number of carbonyl (C=O) groups excluding carboxylic acids is 3. The first-order valence-electron chi connectivity index (χ1n) is 8.23. The quantitative estimate of drug-likeness (QED) is 0.506. The van der Waals surface area contributed by atoms with Gasteiger partial charge in [0.05, 0.1) is 30.9 Å². The number of allylic oxidation sites excluding steroid dienone is 2. The van der Waals surface area contributed by atoms with E-state index >= 15 is 0 Å². The third-order valence-electron chi connectivity index (χ3n) is 4.05. The zero-order valence-corrected chi connectivity index (χ0v) is 17.6. The highest BCUT2D eigenvalue weighted by molar-refractivity contribution is 6.77. The van der Waals surface area contributed by atoms with Crippen LogP contribution in [0, 0.1) is 0 Å². The van der Waals surface area contributed by atoms with Crippen molar-refractivity contribution in [3.63, 3.8) is 0 Å². The lowest BCUT2D eigenvalue weighted by Gasteiger charge is -2.33. The molecule has 9 heteroatoms. The van der Waals surface area contributed by atoms with Crippen molar-refractivity contribution in [3.8, 4) is 0 Å². The molecule has 1 aliphatic heterocycles. The molecule has 0 spiro atoms. The average molecular weight is 447 g/mol. The third kappa shape index (κ3) is 4.69. The number of rotatable bonds is 5. The van der Waals surface area contributed by atoms with Crippen molar-refractivity contribution in [2.45, 2.75) is 16.8 Å². The van der Waals surface area contributed by atoms with E-state index in [1.807, 2.05) is 0 Å². The standard InChI is InChI=1S/C19H18Cl3NO5/c1-4-28-18(26)13-8-6-5-7-12(13)15-14(17(25)27-3)9-11(10-23(15)2)16(24)19(20,21)22/h5-10,15H,4H2,1-3H3. The molecule has 1 aromatic carbocycles. The van der Waals surface area contributed by atoms with Gasteiger partial charge < -0.3 is 14.4 Å². The second kappa shape index (κ2) is 8.99. The lowest BCUT2D eigenvalue weighted by Crippen LogP contribution is -2.33. The smallest absolute Gasteiger partial charge is 0.338 e. The Morgan fingerprint density at radius 2 is 1.79 bits per heavy atom. The van der Waals surface area contributed by atoms with E-state index < -0.39 is 27.6 Å². The summed E-state index contributed by atoms with van der Waals surface area (Å²) < 4.78 is 7.79. The van der Waals surface area contributed by atoms with Gasteiger partial charge in [0.1, 0.15) is 0 Å². The van der Waals surface area contributed by atoms with Gasteiger partial charge in [-0.25, -0.2) is 9.59 Å². The average Bonchev–Trinajstić information content (AvgIpc) is 2.65. The van der Waals surface area contributed by atoms with E-state index in [1.165, 1.54) is 19.4 Å². The maximum absolute atomic E-state index is 12.5. The number of alkyl halides is 3. The van der Waals surface area contributed by atoms with Gasteiger partial charge in [-0.05, 0) is 24.6 Å². The fraction of sp³-hybridized carbons (Fsp3) is 0.316. The first-order chi connectivity index (χ1) is 13.1. The van der Waals surface area contributed by atoms with Gasteiger partial charge in [0.2, 0.25) is 5.78 Å². The molecular formula is C19H18Cl3NO5. The molecule has 150 valence electrons. The molecule has 0 aromatic heterocycles. The molecule has 6 nitrogen and oxygen atoms in total. The van der Waals surface area contributed by atoms with Gasteiger partial charge in [0.25, 0.3) is 3.79 Å². The summed E-state index contributed by atoms with van der Waals surface area (Å²) in [6.45, 7) is 1.90. The summed E-state index contributed by atoms with van der Waals surface area (Å²) in [4.78, 5) is 38.8. The Kier molecular flexibility index (Phi) is 7.15. The number of carbonyl (C=O) groups is 3. The molecule has 0 N–H and O–H groups in total. The van der Waals surface area contributed by atoms with Crippen molar-refractivity contribution in [2.24, 2.45) is 0 Å². The van der Waals surface area contributed by atoms with Crippen LogP contribution in [0.3, 0.4) is 0 Å². The Labute approximate surface area is 177 Å². The molecule has 0 radical (unpaired) electrons.